The average Bonchev–Trinajstić information content (AvgIpc) is 3.49. The summed E-state index contributed by atoms with van der Waals surface area (Å²) in [5, 5.41) is 17.6. The van der Waals surface area contributed by atoms with Crippen LogP contribution in [0.5, 0.6) is 11.6 Å². The lowest BCUT2D eigenvalue weighted by atomic mass is 9.93. The molecule has 0 bridgehead atoms. The minimum atomic E-state index is -0.400. The molecular formula is C36H38Cl3N5O4. The molecule has 4 aromatic rings. The molecule has 1 fully saturated rings. The van der Waals surface area contributed by atoms with Gasteiger partial charge in [0.2, 0.25) is 11.8 Å². The molecule has 0 radical (unpaired) electrons. The van der Waals surface area contributed by atoms with E-state index in [1.807, 2.05) is 30.3 Å². The van der Waals surface area contributed by atoms with Crippen molar-refractivity contribution in [3.8, 4) is 45.3 Å². The van der Waals surface area contributed by atoms with Crippen LogP contribution in [-0.4, -0.2) is 71.9 Å². The maximum absolute atomic E-state index is 11.5. The fourth-order valence-corrected chi connectivity index (χ4v) is 7.41. The summed E-state index contributed by atoms with van der Waals surface area (Å²) in [7, 11) is 3.22. The largest absolute Gasteiger partial charge is 0.496 e. The van der Waals surface area contributed by atoms with Gasteiger partial charge in [0.1, 0.15) is 5.75 Å². The lowest BCUT2D eigenvalue weighted by molar-refractivity contribution is -0.119. The highest BCUT2D eigenvalue weighted by molar-refractivity contribution is 6.39. The van der Waals surface area contributed by atoms with Gasteiger partial charge < -0.3 is 25.2 Å². The van der Waals surface area contributed by atoms with Gasteiger partial charge in [0, 0.05) is 84.8 Å². The van der Waals surface area contributed by atoms with Gasteiger partial charge in [-0.25, -0.2) is 4.98 Å². The molecule has 4 heterocycles. The molecule has 2 aromatic carbocycles. The number of aliphatic hydroxyl groups excluding tert-OH is 1. The van der Waals surface area contributed by atoms with Crippen LogP contribution in [0, 0.1) is 0 Å². The van der Waals surface area contributed by atoms with E-state index in [1.165, 1.54) is 5.56 Å². The van der Waals surface area contributed by atoms with Crippen molar-refractivity contribution in [2.75, 3.05) is 33.9 Å². The number of carbonyl (C=O) groups is 1. The number of hydrogen-bond donors (Lipinski definition) is 3. The number of nitrogens with zero attached hydrogens (tertiary/aromatic N) is 3. The van der Waals surface area contributed by atoms with Crippen molar-refractivity contribution in [3.05, 3.63) is 80.4 Å². The maximum Gasteiger partial charge on any atom is 0.220 e. The topological polar surface area (TPSA) is 109 Å². The van der Waals surface area contributed by atoms with Gasteiger partial charge in [-0.2, -0.15) is 0 Å². The summed E-state index contributed by atoms with van der Waals surface area (Å²) in [5.41, 5.74) is 7.18. The molecule has 48 heavy (non-hydrogen) atoms. The van der Waals surface area contributed by atoms with Gasteiger partial charge >= 0.3 is 0 Å². The number of benzene rings is 2. The Kier molecular flexibility index (Phi) is 10.7. The van der Waals surface area contributed by atoms with E-state index in [0.29, 0.717) is 70.5 Å². The number of amides is 1. The van der Waals surface area contributed by atoms with Crippen LogP contribution in [0.15, 0.2) is 48.7 Å². The molecule has 2 unspecified atom stereocenters. The fraction of sp³-hybridized carbons (Fsp3) is 0.361. The number of aliphatic hydroxyl groups is 1. The fourth-order valence-electron chi connectivity index (χ4n) is 6.51. The number of carbonyl (C=O) groups excluding carboxylic acids is 1. The highest BCUT2D eigenvalue weighted by Gasteiger charge is 2.25. The quantitative estimate of drug-likeness (QED) is 0.161. The predicted molar refractivity (Wildman–Crippen MR) is 190 cm³/mol. The van der Waals surface area contributed by atoms with E-state index in [2.05, 4.69) is 26.6 Å². The standard InChI is InChI=1S/C36H38Cl3N5O4/c1-20(45)18-44-12-10-21-13-22(14-31(47-2)28(21)19-44)35-34(39)25(9-11-41-35)24-5-4-6-26(33(24)38)30-15-29(37)27(36(43-30)48-3)17-40-16-23-7-8-32(46)42-23/h4-6,9,11,13-15,20,23,40,45H,7-8,10,12,16-19H2,1-3H3,(H,42,46). The van der Waals surface area contributed by atoms with Crippen molar-refractivity contribution in [2.45, 2.75) is 51.4 Å². The Morgan fingerprint density at radius 2 is 1.85 bits per heavy atom. The molecule has 0 saturated carbocycles. The van der Waals surface area contributed by atoms with E-state index in [9.17, 15) is 9.90 Å². The molecule has 0 aliphatic carbocycles. The second-order valence-corrected chi connectivity index (χ2v) is 13.4. The number of nitrogens with one attached hydrogen (secondary N) is 2. The van der Waals surface area contributed by atoms with Gasteiger partial charge in [0.05, 0.1) is 46.8 Å². The summed E-state index contributed by atoms with van der Waals surface area (Å²) in [5.74, 6) is 1.23. The van der Waals surface area contributed by atoms with E-state index in [4.69, 9.17) is 49.3 Å². The first-order valence-electron chi connectivity index (χ1n) is 15.9. The van der Waals surface area contributed by atoms with Gasteiger partial charge in [0.15, 0.2) is 0 Å². The van der Waals surface area contributed by atoms with Crippen LogP contribution in [0.2, 0.25) is 15.1 Å². The first kappa shape index (κ1) is 34.4. The molecule has 2 atom stereocenters. The van der Waals surface area contributed by atoms with Crippen LogP contribution >= 0.6 is 34.8 Å². The minimum Gasteiger partial charge on any atom is -0.496 e. The Labute approximate surface area is 295 Å². The SMILES string of the molecule is COc1cc(-c2nccc(-c3cccc(-c4cc(Cl)c(CNCC5CCC(=O)N5)c(OC)n4)c3Cl)c2Cl)cc2c1CN(CC(C)O)CC2. The Bertz CT molecular complexity index is 1820. The number of pyridine rings is 2. The normalized spacial score (nSPS) is 16.8. The summed E-state index contributed by atoms with van der Waals surface area (Å²) >= 11 is 21.0. The number of ether oxygens (including phenoxy) is 2. The Balaban J connectivity index is 1.29. The third kappa shape index (κ3) is 7.27. The van der Waals surface area contributed by atoms with Crippen molar-refractivity contribution in [1.82, 2.24) is 25.5 Å². The van der Waals surface area contributed by atoms with E-state index in [0.717, 1.165) is 53.0 Å². The van der Waals surface area contributed by atoms with Crippen molar-refractivity contribution in [1.29, 1.82) is 0 Å². The van der Waals surface area contributed by atoms with Crippen LogP contribution in [0.1, 0.15) is 36.5 Å². The lowest BCUT2D eigenvalue weighted by Gasteiger charge is -2.31. The highest BCUT2D eigenvalue weighted by atomic mass is 35.5. The van der Waals surface area contributed by atoms with Crippen LogP contribution in [0.25, 0.3) is 33.6 Å². The summed E-state index contributed by atoms with van der Waals surface area (Å²) in [6.07, 6.45) is 3.50. The molecular weight excluding hydrogens is 673 g/mol. The van der Waals surface area contributed by atoms with Crippen LogP contribution in [0.4, 0.5) is 0 Å². The summed E-state index contributed by atoms with van der Waals surface area (Å²) in [6.45, 7) is 5.01. The number of halogens is 3. The summed E-state index contributed by atoms with van der Waals surface area (Å²) in [4.78, 5) is 23.2. The molecule has 9 nitrogen and oxygen atoms in total. The number of fused-ring (bicyclic) bond motifs is 1. The molecule has 1 amide bonds. The molecule has 2 aromatic heterocycles. The van der Waals surface area contributed by atoms with E-state index < -0.39 is 6.10 Å². The molecule has 2 aliphatic rings. The third-order valence-corrected chi connectivity index (χ3v) is 9.98. The molecule has 3 N–H and O–H groups in total. The number of β-amino-alcohol motifs (C(OH)–C–C–N with tert-alkyl or cyclic N) is 1. The lowest BCUT2D eigenvalue weighted by Crippen LogP contribution is -2.35. The van der Waals surface area contributed by atoms with Crippen LogP contribution < -0.4 is 20.1 Å². The van der Waals surface area contributed by atoms with Crippen LogP contribution in [-0.2, 0) is 24.3 Å². The van der Waals surface area contributed by atoms with Crippen LogP contribution in [0.3, 0.4) is 0 Å². The average molecular weight is 711 g/mol. The third-order valence-electron chi connectivity index (χ3n) is 8.85. The van der Waals surface area contributed by atoms with Crippen molar-refractivity contribution < 1.29 is 19.4 Å². The van der Waals surface area contributed by atoms with Gasteiger partial charge in [0.25, 0.3) is 0 Å². The molecule has 1 saturated heterocycles. The Morgan fingerprint density at radius 1 is 1.06 bits per heavy atom. The predicted octanol–water partition coefficient (Wildman–Crippen LogP) is 6.56. The molecule has 252 valence electrons. The second-order valence-electron chi connectivity index (χ2n) is 12.2. The van der Waals surface area contributed by atoms with E-state index in [-0.39, 0.29) is 11.9 Å². The van der Waals surface area contributed by atoms with Gasteiger partial charge in [-0.15, -0.1) is 0 Å². The van der Waals surface area contributed by atoms with Crippen molar-refractivity contribution in [3.63, 3.8) is 0 Å². The molecule has 6 rings (SSSR count). The minimum absolute atomic E-state index is 0.0763. The maximum atomic E-state index is 11.5. The Morgan fingerprint density at radius 3 is 2.58 bits per heavy atom. The first-order chi connectivity index (χ1) is 23.2. The van der Waals surface area contributed by atoms with Gasteiger partial charge in [-0.3, -0.25) is 14.7 Å². The van der Waals surface area contributed by atoms with Crippen molar-refractivity contribution >= 4 is 40.7 Å². The second kappa shape index (κ2) is 15.0. The molecule has 2 aliphatic heterocycles. The van der Waals surface area contributed by atoms with Crippen molar-refractivity contribution in [2.24, 2.45) is 0 Å². The van der Waals surface area contributed by atoms with E-state index in [1.54, 1.807) is 33.4 Å². The summed E-state index contributed by atoms with van der Waals surface area (Å²) in [6, 6.07) is 13.5. The number of hydrogen-bond acceptors (Lipinski definition) is 8. The Hall–Kier alpha value is -3.44. The smallest absolute Gasteiger partial charge is 0.220 e. The zero-order valence-electron chi connectivity index (χ0n) is 27.1. The molecule has 0 spiro atoms. The zero-order chi connectivity index (χ0) is 33.9. The first-order valence-corrected chi connectivity index (χ1v) is 17.1. The number of methoxy groups -OCH3 is 2. The van der Waals surface area contributed by atoms with E-state index >= 15 is 0 Å². The number of aromatic nitrogens is 2. The highest BCUT2D eigenvalue weighted by Crippen LogP contribution is 2.43. The summed E-state index contributed by atoms with van der Waals surface area (Å²) < 4.78 is 11.5. The number of rotatable bonds is 11. The monoisotopic (exact) mass is 709 g/mol. The van der Waals surface area contributed by atoms with Gasteiger partial charge in [-0.05, 0) is 49.6 Å². The van der Waals surface area contributed by atoms with Gasteiger partial charge in [-0.1, -0.05) is 53.0 Å². The molecule has 12 heteroatoms. The zero-order valence-corrected chi connectivity index (χ0v) is 29.3.